The van der Waals surface area contributed by atoms with Crippen LogP contribution in [-0.4, -0.2) is 50.1 Å². The third-order valence-corrected chi connectivity index (χ3v) is 2.86. The molecule has 0 aromatic carbocycles. The molecule has 0 atom stereocenters. The molecule has 0 aromatic heterocycles. The molecule has 0 aromatic rings. The zero-order valence-electron chi connectivity index (χ0n) is 11.8. The molecule has 4 nitrogen and oxygen atoms in total. The Hall–Kier alpha value is -0.845. The van der Waals surface area contributed by atoms with E-state index >= 15 is 0 Å². The van der Waals surface area contributed by atoms with Gasteiger partial charge in [0.15, 0.2) is 0 Å². The van der Waals surface area contributed by atoms with Gasteiger partial charge in [0, 0.05) is 19.7 Å². The van der Waals surface area contributed by atoms with Crippen LogP contribution >= 0.6 is 0 Å². The Balaban J connectivity index is 2.23. The summed E-state index contributed by atoms with van der Waals surface area (Å²) >= 11 is 0. The first-order valence-corrected chi connectivity index (χ1v) is 6.62. The first kappa shape index (κ1) is 16.2. The van der Waals surface area contributed by atoms with Gasteiger partial charge in [-0.25, -0.2) is 4.79 Å². The average molecular weight is 277 g/mol. The molecule has 19 heavy (non-hydrogen) atoms. The number of hydrogen-bond donors (Lipinski definition) is 0. The Morgan fingerprint density at radius 2 is 1.89 bits per heavy atom. The summed E-state index contributed by atoms with van der Waals surface area (Å²) in [5.74, 6) is 0.248. The van der Waals surface area contributed by atoms with Crippen LogP contribution < -0.4 is 0 Å². The molecule has 1 heterocycles. The third kappa shape index (κ3) is 6.75. The summed E-state index contributed by atoms with van der Waals surface area (Å²) in [7, 11) is -2.41. The van der Waals surface area contributed by atoms with E-state index < -0.39 is 19.4 Å². The lowest BCUT2D eigenvalue weighted by molar-refractivity contribution is 0.0134. The second-order valence-electron chi connectivity index (χ2n) is 5.84. The number of rotatable bonds is 4. The number of piperidine rings is 1. The third-order valence-electron chi connectivity index (χ3n) is 2.86. The van der Waals surface area contributed by atoms with Crippen molar-refractivity contribution in [2.45, 2.75) is 39.2 Å². The zero-order valence-corrected chi connectivity index (χ0v) is 11.8. The highest BCUT2D eigenvalue weighted by Crippen LogP contribution is 2.20. The van der Waals surface area contributed by atoms with Crippen molar-refractivity contribution in [2.75, 3.05) is 26.2 Å². The predicted molar refractivity (Wildman–Crippen MR) is 69.3 cm³/mol. The quantitative estimate of drug-likeness (QED) is 0.741. The van der Waals surface area contributed by atoms with Crippen LogP contribution in [0.15, 0.2) is 0 Å². The standard InChI is InChI=1S/C12H22BF2NO3/c1-12(2,3)19-11(17)16-6-4-10(5-7-16)8-18-9-13(14)15/h10H,4-9H2,1-3H3. The maximum absolute atomic E-state index is 11.9. The van der Waals surface area contributed by atoms with Crippen LogP contribution in [0.5, 0.6) is 0 Å². The maximum Gasteiger partial charge on any atom is 0.563 e. The molecular weight excluding hydrogens is 255 g/mol. The van der Waals surface area contributed by atoms with Gasteiger partial charge in [0.25, 0.3) is 0 Å². The van der Waals surface area contributed by atoms with Gasteiger partial charge >= 0.3 is 13.4 Å². The van der Waals surface area contributed by atoms with E-state index in [1.165, 1.54) is 0 Å². The van der Waals surface area contributed by atoms with Gasteiger partial charge in [0.1, 0.15) is 5.60 Å². The van der Waals surface area contributed by atoms with Crippen LogP contribution in [0.2, 0.25) is 0 Å². The molecule has 1 amide bonds. The summed E-state index contributed by atoms with van der Waals surface area (Å²) in [6.07, 6.45) is 1.23. The van der Waals surface area contributed by atoms with Crippen LogP contribution in [0.4, 0.5) is 13.4 Å². The molecule has 7 heteroatoms. The average Bonchev–Trinajstić information content (AvgIpc) is 2.27. The zero-order chi connectivity index (χ0) is 14.5. The maximum atomic E-state index is 11.9. The minimum Gasteiger partial charge on any atom is -0.444 e. The van der Waals surface area contributed by atoms with E-state index in [4.69, 9.17) is 9.47 Å². The van der Waals surface area contributed by atoms with Crippen molar-refractivity contribution < 1.29 is 22.9 Å². The highest BCUT2D eigenvalue weighted by atomic mass is 19.2. The topological polar surface area (TPSA) is 38.8 Å². The van der Waals surface area contributed by atoms with Gasteiger partial charge in [-0.1, -0.05) is 0 Å². The highest BCUT2D eigenvalue weighted by molar-refractivity contribution is 6.42. The smallest absolute Gasteiger partial charge is 0.444 e. The largest absolute Gasteiger partial charge is 0.563 e. The summed E-state index contributed by atoms with van der Waals surface area (Å²) in [5, 5.41) is 0. The van der Waals surface area contributed by atoms with Crippen molar-refractivity contribution in [1.29, 1.82) is 0 Å². The van der Waals surface area contributed by atoms with Gasteiger partial charge in [0.2, 0.25) is 0 Å². The molecular formula is C12H22BF2NO3. The van der Waals surface area contributed by atoms with Gasteiger partial charge in [-0.05, 0) is 39.5 Å². The Morgan fingerprint density at radius 3 is 2.37 bits per heavy atom. The molecule has 1 aliphatic rings. The fourth-order valence-corrected chi connectivity index (χ4v) is 1.93. The first-order chi connectivity index (χ1) is 8.78. The van der Waals surface area contributed by atoms with Crippen molar-refractivity contribution in [3.8, 4) is 0 Å². The lowest BCUT2D eigenvalue weighted by Crippen LogP contribution is -2.42. The van der Waals surface area contributed by atoms with Crippen LogP contribution in [0, 0.1) is 5.92 Å². The molecule has 1 aliphatic heterocycles. The van der Waals surface area contributed by atoms with Gasteiger partial charge in [-0.3, -0.25) is 8.63 Å². The second kappa shape index (κ2) is 7.08. The number of ether oxygens (including phenoxy) is 2. The van der Waals surface area contributed by atoms with E-state index in [1.54, 1.807) is 4.90 Å². The number of likely N-dealkylation sites (tertiary alicyclic amines) is 1. The fourth-order valence-electron chi connectivity index (χ4n) is 1.93. The summed E-state index contributed by atoms with van der Waals surface area (Å²) in [6.45, 7) is 6.51. The van der Waals surface area contributed by atoms with Crippen LogP contribution in [-0.2, 0) is 9.47 Å². The lowest BCUT2D eigenvalue weighted by atomic mass is 9.97. The number of hydrogen-bond acceptors (Lipinski definition) is 3. The van der Waals surface area contributed by atoms with Crippen molar-refractivity contribution in [2.24, 2.45) is 5.92 Å². The highest BCUT2D eigenvalue weighted by Gasteiger charge is 2.27. The molecule has 1 fully saturated rings. The molecule has 0 radical (unpaired) electrons. The molecule has 0 spiro atoms. The van der Waals surface area contributed by atoms with E-state index in [-0.39, 0.29) is 12.0 Å². The molecule has 0 bridgehead atoms. The first-order valence-electron chi connectivity index (χ1n) is 6.62. The van der Waals surface area contributed by atoms with Crippen molar-refractivity contribution >= 4 is 13.4 Å². The van der Waals surface area contributed by atoms with Gasteiger partial charge in [-0.15, -0.1) is 0 Å². The van der Waals surface area contributed by atoms with E-state index in [1.807, 2.05) is 20.8 Å². The minimum atomic E-state index is -2.41. The molecule has 0 unspecified atom stereocenters. The SMILES string of the molecule is CC(C)(C)OC(=O)N1CCC(COCB(F)F)CC1. The summed E-state index contributed by atoms with van der Waals surface area (Å²) in [6, 6.07) is 0. The monoisotopic (exact) mass is 277 g/mol. The minimum absolute atomic E-state index is 0.248. The Morgan fingerprint density at radius 1 is 1.32 bits per heavy atom. The molecule has 1 saturated heterocycles. The molecule has 110 valence electrons. The predicted octanol–water partition coefficient (Wildman–Crippen LogP) is 2.62. The van der Waals surface area contributed by atoms with E-state index in [2.05, 4.69) is 0 Å². The van der Waals surface area contributed by atoms with E-state index in [0.717, 1.165) is 12.8 Å². The van der Waals surface area contributed by atoms with E-state index in [0.29, 0.717) is 19.7 Å². The molecule has 0 aliphatic carbocycles. The number of nitrogens with zero attached hydrogens (tertiary/aromatic N) is 1. The fraction of sp³-hybridized carbons (Fsp3) is 0.917. The normalized spacial score (nSPS) is 17.4. The molecule has 0 saturated carbocycles. The summed E-state index contributed by atoms with van der Waals surface area (Å²) < 4.78 is 34.0. The number of amides is 1. The Kier molecular flexibility index (Phi) is 6.04. The van der Waals surface area contributed by atoms with Crippen molar-refractivity contribution in [3.63, 3.8) is 0 Å². The lowest BCUT2D eigenvalue weighted by Gasteiger charge is -2.33. The van der Waals surface area contributed by atoms with Crippen LogP contribution in [0.3, 0.4) is 0 Å². The number of carbonyl (C=O) groups is 1. The number of halogens is 2. The van der Waals surface area contributed by atoms with Crippen LogP contribution in [0.25, 0.3) is 0 Å². The van der Waals surface area contributed by atoms with Gasteiger partial charge in [0.05, 0.1) is 6.51 Å². The summed E-state index contributed by atoms with van der Waals surface area (Å²) in [5.41, 5.74) is -0.492. The number of carbonyl (C=O) groups excluding carboxylic acids is 1. The van der Waals surface area contributed by atoms with Gasteiger partial charge in [-0.2, -0.15) is 0 Å². The van der Waals surface area contributed by atoms with Crippen LogP contribution in [0.1, 0.15) is 33.6 Å². The van der Waals surface area contributed by atoms with Crippen molar-refractivity contribution in [1.82, 2.24) is 4.90 Å². The molecule has 1 rings (SSSR count). The van der Waals surface area contributed by atoms with E-state index in [9.17, 15) is 13.4 Å². The molecule has 0 N–H and O–H groups in total. The Bertz CT molecular complexity index is 289. The summed E-state index contributed by atoms with van der Waals surface area (Å²) in [4.78, 5) is 13.5. The van der Waals surface area contributed by atoms with Gasteiger partial charge < -0.3 is 14.4 Å². The van der Waals surface area contributed by atoms with Crippen molar-refractivity contribution in [3.05, 3.63) is 0 Å². The second-order valence-corrected chi connectivity index (χ2v) is 5.84. The Labute approximate surface area is 113 Å².